The molecule has 1 aliphatic rings. The highest BCUT2D eigenvalue weighted by Gasteiger charge is 2.24. The van der Waals surface area contributed by atoms with Gasteiger partial charge >= 0.3 is 0 Å². The highest BCUT2D eigenvalue weighted by Crippen LogP contribution is 2.12. The van der Waals surface area contributed by atoms with Gasteiger partial charge in [-0.15, -0.1) is 10.2 Å². The Bertz CT molecular complexity index is 681. The van der Waals surface area contributed by atoms with Crippen LogP contribution >= 0.6 is 0 Å². The minimum absolute atomic E-state index is 0.0515. The first-order valence-corrected chi connectivity index (χ1v) is 7.59. The Balaban J connectivity index is 1.55. The maximum Gasteiger partial charge on any atom is 0.224 e. The van der Waals surface area contributed by atoms with Crippen molar-refractivity contribution in [2.75, 3.05) is 13.6 Å². The lowest BCUT2D eigenvalue weighted by Crippen LogP contribution is -2.46. The number of rotatable bonds is 4. The lowest BCUT2D eigenvalue weighted by Gasteiger charge is -2.29. The van der Waals surface area contributed by atoms with Gasteiger partial charge in [-0.05, 0) is 24.1 Å². The number of amides is 2. The summed E-state index contributed by atoms with van der Waals surface area (Å²) < 4.78 is 1.80. The van der Waals surface area contributed by atoms with Crippen molar-refractivity contribution in [3.05, 3.63) is 42.5 Å². The van der Waals surface area contributed by atoms with Gasteiger partial charge in [-0.3, -0.25) is 14.2 Å². The van der Waals surface area contributed by atoms with Crippen LogP contribution in [0.1, 0.15) is 18.4 Å². The number of aromatic nitrogens is 3. The molecule has 1 saturated heterocycles. The Labute approximate surface area is 134 Å². The summed E-state index contributed by atoms with van der Waals surface area (Å²) in [7, 11) is 1.79. The van der Waals surface area contributed by atoms with Crippen LogP contribution in [-0.2, 0) is 16.0 Å². The van der Waals surface area contributed by atoms with Crippen molar-refractivity contribution in [1.29, 1.82) is 0 Å². The zero-order valence-corrected chi connectivity index (χ0v) is 13.0. The molecule has 0 bridgehead atoms. The van der Waals surface area contributed by atoms with Gasteiger partial charge in [-0.25, -0.2) is 0 Å². The summed E-state index contributed by atoms with van der Waals surface area (Å²) in [5.41, 5.74) is 1.87. The van der Waals surface area contributed by atoms with Crippen LogP contribution in [0.4, 0.5) is 0 Å². The van der Waals surface area contributed by atoms with Gasteiger partial charge in [0.15, 0.2) is 0 Å². The average molecular weight is 313 g/mol. The third-order valence-electron chi connectivity index (χ3n) is 4.04. The normalized spacial score (nSPS) is 18.0. The average Bonchev–Trinajstić information content (AvgIpc) is 3.06. The van der Waals surface area contributed by atoms with Gasteiger partial charge in [-0.2, -0.15) is 0 Å². The van der Waals surface area contributed by atoms with Gasteiger partial charge < -0.3 is 10.2 Å². The second kappa shape index (κ2) is 6.60. The predicted octanol–water partition coefficient (Wildman–Crippen LogP) is 0.547. The molecule has 0 radical (unpaired) electrons. The molecule has 23 heavy (non-hydrogen) atoms. The van der Waals surface area contributed by atoms with Crippen molar-refractivity contribution in [1.82, 2.24) is 25.0 Å². The molecule has 0 spiro atoms. The molecule has 1 N–H and O–H groups in total. The van der Waals surface area contributed by atoms with Crippen LogP contribution in [0, 0.1) is 0 Å². The quantitative estimate of drug-likeness (QED) is 0.894. The van der Waals surface area contributed by atoms with Crippen molar-refractivity contribution < 1.29 is 9.59 Å². The van der Waals surface area contributed by atoms with Gasteiger partial charge in [-0.1, -0.05) is 12.1 Å². The van der Waals surface area contributed by atoms with E-state index >= 15 is 0 Å². The molecule has 1 atom stereocenters. The summed E-state index contributed by atoms with van der Waals surface area (Å²) >= 11 is 0. The van der Waals surface area contributed by atoms with Gasteiger partial charge in [0, 0.05) is 31.7 Å². The van der Waals surface area contributed by atoms with Crippen molar-refractivity contribution in [2.24, 2.45) is 0 Å². The van der Waals surface area contributed by atoms with Crippen molar-refractivity contribution in [3.63, 3.8) is 0 Å². The first kappa shape index (κ1) is 15.2. The summed E-state index contributed by atoms with van der Waals surface area (Å²) in [4.78, 5) is 25.5. The molecule has 2 aromatic rings. The largest absolute Gasteiger partial charge is 0.352 e. The van der Waals surface area contributed by atoms with E-state index in [-0.39, 0.29) is 17.9 Å². The summed E-state index contributed by atoms with van der Waals surface area (Å²) in [5.74, 6) is 0.0317. The number of nitrogens with one attached hydrogen (secondary N) is 1. The fourth-order valence-corrected chi connectivity index (χ4v) is 2.65. The molecule has 1 aromatic heterocycles. The number of likely N-dealkylation sites (tertiary alicyclic amines) is 1. The Hall–Kier alpha value is -2.70. The standard InChI is InChI=1S/C16H19N5O2/c1-20-7-6-13(9-16(20)23)19-15(22)8-12-2-4-14(5-3-12)21-10-17-18-11-21/h2-5,10-11,13H,6-9H2,1H3,(H,19,22). The number of hydrogen-bond acceptors (Lipinski definition) is 4. The van der Waals surface area contributed by atoms with Crippen LogP contribution in [-0.4, -0.2) is 51.1 Å². The summed E-state index contributed by atoms with van der Waals surface area (Å²) in [5, 5.41) is 10.5. The molecule has 2 heterocycles. The fourth-order valence-electron chi connectivity index (χ4n) is 2.65. The lowest BCUT2D eigenvalue weighted by molar-refractivity contribution is -0.133. The fraction of sp³-hybridized carbons (Fsp3) is 0.375. The van der Waals surface area contributed by atoms with Gasteiger partial charge in [0.2, 0.25) is 11.8 Å². The lowest BCUT2D eigenvalue weighted by atomic mass is 10.0. The molecule has 0 aliphatic carbocycles. The van der Waals surface area contributed by atoms with E-state index < -0.39 is 0 Å². The van der Waals surface area contributed by atoms with Crippen LogP contribution in [0.3, 0.4) is 0 Å². The topological polar surface area (TPSA) is 80.1 Å². The zero-order chi connectivity index (χ0) is 16.2. The second-order valence-electron chi connectivity index (χ2n) is 5.78. The number of nitrogens with zero attached hydrogens (tertiary/aromatic N) is 4. The molecule has 1 aromatic carbocycles. The van der Waals surface area contributed by atoms with E-state index in [0.29, 0.717) is 19.4 Å². The Morgan fingerprint density at radius 1 is 1.26 bits per heavy atom. The Morgan fingerprint density at radius 3 is 2.61 bits per heavy atom. The molecule has 120 valence electrons. The minimum atomic E-state index is -0.0532. The molecular weight excluding hydrogens is 294 g/mol. The van der Waals surface area contributed by atoms with Crippen LogP contribution in [0.15, 0.2) is 36.9 Å². The maximum atomic E-state index is 12.1. The highest BCUT2D eigenvalue weighted by atomic mass is 16.2. The minimum Gasteiger partial charge on any atom is -0.352 e. The van der Waals surface area contributed by atoms with Crippen molar-refractivity contribution in [3.8, 4) is 5.69 Å². The predicted molar refractivity (Wildman–Crippen MR) is 83.9 cm³/mol. The summed E-state index contributed by atoms with van der Waals surface area (Å²) in [6.07, 6.45) is 4.75. The smallest absolute Gasteiger partial charge is 0.224 e. The first-order valence-electron chi connectivity index (χ1n) is 7.59. The SMILES string of the molecule is CN1CCC(NC(=O)Cc2ccc(-n3cnnc3)cc2)CC1=O. The van der Waals surface area contributed by atoms with E-state index in [0.717, 1.165) is 17.7 Å². The number of benzene rings is 1. The van der Waals surface area contributed by atoms with E-state index in [1.807, 2.05) is 24.3 Å². The number of piperidine rings is 1. The van der Waals surface area contributed by atoms with Crippen LogP contribution in [0.25, 0.3) is 5.69 Å². The molecule has 7 nitrogen and oxygen atoms in total. The Morgan fingerprint density at radius 2 is 1.96 bits per heavy atom. The molecule has 3 rings (SSSR count). The molecule has 7 heteroatoms. The van der Waals surface area contributed by atoms with Gasteiger partial charge in [0.25, 0.3) is 0 Å². The molecule has 1 aliphatic heterocycles. The van der Waals surface area contributed by atoms with Crippen LogP contribution in [0.2, 0.25) is 0 Å². The van der Waals surface area contributed by atoms with Gasteiger partial charge in [0.05, 0.1) is 6.42 Å². The third kappa shape index (κ3) is 3.74. The maximum absolute atomic E-state index is 12.1. The van der Waals surface area contributed by atoms with E-state index in [1.165, 1.54) is 0 Å². The van der Waals surface area contributed by atoms with Gasteiger partial charge in [0.1, 0.15) is 12.7 Å². The zero-order valence-electron chi connectivity index (χ0n) is 13.0. The molecule has 1 fully saturated rings. The van der Waals surface area contributed by atoms with Crippen LogP contribution < -0.4 is 5.32 Å². The molecular formula is C16H19N5O2. The molecule has 0 saturated carbocycles. The monoisotopic (exact) mass is 313 g/mol. The van der Waals surface area contributed by atoms with E-state index in [2.05, 4.69) is 15.5 Å². The number of carbonyl (C=O) groups is 2. The van der Waals surface area contributed by atoms with E-state index in [1.54, 1.807) is 29.2 Å². The van der Waals surface area contributed by atoms with E-state index in [4.69, 9.17) is 0 Å². The van der Waals surface area contributed by atoms with Crippen molar-refractivity contribution in [2.45, 2.75) is 25.3 Å². The molecule has 2 amide bonds. The van der Waals surface area contributed by atoms with Crippen molar-refractivity contribution >= 4 is 11.8 Å². The van der Waals surface area contributed by atoms with Crippen LogP contribution in [0.5, 0.6) is 0 Å². The van der Waals surface area contributed by atoms with E-state index in [9.17, 15) is 9.59 Å². The third-order valence-corrected chi connectivity index (χ3v) is 4.04. The first-order chi connectivity index (χ1) is 11.1. The number of hydrogen-bond donors (Lipinski definition) is 1. The number of carbonyl (C=O) groups excluding carboxylic acids is 2. The second-order valence-corrected chi connectivity index (χ2v) is 5.78. The Kier molecular flexibility index (Phi) is 4.36. The summed E-state index contributed by atoms with van der Waals surface area (Å²) in [6, 6.07) is 7.61. The summed E-state index contributed by atoms with van der Waals surface area (Å²) in [6.45, 7) is 0.692. The molecule has 1 unspecified atom stereocenters. The highest BCUT2D eigenvalue weighted by molar-refractivity contribution is 5.81.